The van der Waals surface area contributed by atoms with Gasteiger partial charge in [0.1, 0.15) is 0 Å². The molecule has 1 aromatic carbocycles. The lowest BCUT2D eigenvalue weighted by Gasteiger charge is -2.30. The topological polar surface area (TPSA) is 74.0 Å². The van der Waals surface area contributed by atoms with Crippen molar-refractivity contribution in [3.05, 3.63) is 34.9 Å². The van der Waals surface area contributed by atoms with Crippen LogP contribution in [0.2, 0.25) is 5.02 Å². The van der Waals surface area contributed by atoms with Crippen LogP contribution in [-0.2, 0) is 11.3 Å². The van der Waals surface area contributed by atoms with Gasteiger partial charge in [0, 0.05) is 38.2 Å². The van der Waals surface area contributed by atoms with E-state index in [-0.39, 0.29) is 11.8 Å². The number of carbonyl (C=O) groups excluding carboxylic acids is 1. The number of rotatable bonds is 8. The maximum absolute atomic E-state index is 11.4. The molecule has 1 unspecified atom stereocenters. The van der Waals surface area contributed by atoms with E-state index in [0.29, 0.717) is 0 Å². The van der Waals surface area contributed by atoms with Gasteiger partial charge in [-0.15, -0.1) is 0 Å². The lowest BCUT2D eigenvalue weighted by molar-refractivity contribution is -0.123. The molecule has 0 bridgehead atoms. The Morgan fingerprint density at radius 2 is 2.15 bits per heavy atom. The summed E-state index contributed by atoms with van der Waals surface area (Å²) in [6.07, 6.45) is 2.93. The van der Waals surface area contributed by atoms with Crippen LogP contribution in [0.4, 0.5) is 0 Å². The van der Waals surface area contributed by atoms with Crippen molar-refractivity contribution < 1.29 is 4.79 Å². The van der Waals surface area contributed by atoms with Gasteiger partial charge in [0.25, 0.3) is 0 Å². The number of primary amides is 1. The minimum atomic E-state index is -0.170. The molecule has 6 nitrogen and oxygen atoms in total. The summed E-state index contributed by atoms with van der Waals surface area (Å²) in [6, 6.07) is 7.89. The molecule has 3 N–H and O–H groups in total. The van der Waals surface area contributed by atoms with E-state index < -0.39 is 0 Å². The van der Waals surface area contributed by atoms with Crippen LogP contribution in [0.1, 0.15) is 31.7 Å². The normalized spacial score (nSPS) is 18.3. The molecule has 1 atom stereocenters. The largest absolute Gasteiger partial charge is 0.369 e. The summed E-state index contributed by atoms with van der Waals surface area (Å²) < 4.78 is 0. The maximum Gasteiger partial charge on any atom is 0.221 e. The number of aliphatic imine (C=N–C) groups is 1. The Kier molecular flexibility index (Phi) is 8.88. The van der Waals surface area contributed by atoms with Gasteiger partial charge in [0.2, 0.25) is 5.91 Å². The number of piperidine rings is 1. The quantitative estimate of drug-likeness (QED) is 0.404. The first-order valence-corrected chi connectivity index (χ1v) is 10.1. The molecule has 7 heteroatoms. The Balaban J connectivity index is 1.81. The third kappa shape index (κ3) is 7.39. The van der Waals surface area contributed by atoms with Crippen LogP contribution < -0.4 is 11.1 Å². The predicted octanol–water partition coefficient (Wildman–Crippen LogP) is 2.32. The van der Waals surface area contributed by atoms with E-state index in [9.17, 15) is 4.79 Å². The molecule has 1 amide bonds. The average Bonchev–Trinajstić information content (AvgIpc) is 2.66. The van der Waals surface area contributed by atoms with Crippen LogP contribution in [0.15, 0.2) is 29.3 Å². The predicted molar refractivity (Wildman–Crippen MR) is 112 cm³/mol. The van der Waals surface area contributed by atoms with Gasteiger partial charge in [-0.3, -0.25) is 9.79 Å². The van der Waals surface area contributed by atoms with Crippen LogP contribution in [-0.4, -0.2) is 61.4 Å². The van der Waals surface area contributed by atoms with E-state index in [0.717, 1.165) is 69.5 Å². The second-order valence-corrected chi connectivity index (χ2v) is 7.55. The minimum Gasteiger partial charge on any atom is -0.369 e. The highest BCUT2D eigenvalue weighted by Gasteiger charge is 2.23. The number of hydrogen-bond donors (Lipinski definition) is 2. The zero-order chi connectivity index (χ0) is 19.6. The molecule has 0 spiro atoms. The number of benzene rings is 1. The first-order chi connectivity index (χ1) is 13.0. The Morgan fingerprint density at radius 1 is 1.41 bits per heavy atom. The standard InChI is InChI=1S/C20H32ClN5O/c1-3-23-20(25(2)14-16-7-9-18(21)10-8-16)24-11-5-13-26-12-4-6-17(15-26)19(22)27/h7-10,17H,3-6,11-15H2,1-2H3,(H2,22,27)(H,23,24). The lowest BCUT2D eigenvalue weighted by atomic mass is 9.97. The van der Waals surface area contributed by atoms with Gasteiger partial charge in [-0.25, -0.2) is 0 Å². The second-order valence-electron chi connectivity index (χ2n) is 7.11. The maximum atomic E-state index is 11.4. The molecule has 0 saturated carbocycles. The number of likely N-dealkylation sites (tertiary alicyclic amines) is 1. The fraction of sp³-hybridized carbons (Fsp3) is 0.600. The lowest BCUT2D eigenvalue weighted by Crippen LogP contribution is -2.41. The number of nitrogens with one attached hydrogen (secondary N) is 1. The van der Waals surface area contributed by atoms with Crippen LogP contribution in [0.25, 0.3) is 0 Å². The van der Waals surface area contributed by atoms with Crippen LogP contribution in [0.3, 0.4) is 0 Å². The number of halogens is 1. The smallest absolute Gasteiger partial charge is 0.221 e. The molecule has 150 valence electrons. The van der Waals surface area contributed by atoms with Gasteiger partial charge in [0.15, 0.2) is 5.96 Å². The molecule has 0 aliphatic carbocycles. The highest BCUT2D eigenvalue weighted by Crippen LogP contribution is 2.16. The summed E-state index contributed by atoms with van der Waals surface area (Å²) in [7, 11) is 2.04. The first-order valence-electron chi connectivity index (χ1n) is 9.75. The summed E-state index contributed by atoms with van der Waals surface area (Å²) in [5.41, 5.74) is 6.65. The van der Waals surface area contributed by atoms with Crippen molar-refractivity contribution in [2.45, 2.75) is 32.7 Å². The summed E-state index contributed by atoms with van der Waals surface area (Å²) in [6.45, 7) is 7.22. The zero-order valence-electron chi connectivity index (χ0n) is 16.5. The van der Waals surface area contributed by atoms with Crippen molar-refractivity contribution in [2.24, 2.45) is 16.6 Å². The molecule has 1 heterocycles. The van der Waals surface area contributed by atoms with Gasteiger partial charge in [0.05, 0.1) is 5.92 Å². The Labute approximate surface area is 167 Å². The number of hydrogen-bond acceptors (Lipinski definition) is 3. The molecule has 1 aromatic rings. The van der Waals surface area contributed by atoms with E-state index in [4.69, 9.17) is 22.3 Å². The first kappa shape index (κ1) is 21.5. The summed E-state index contributed by atoms with van der Waals surface area (Å²) in [4.78, 5) is 20.6. The SMILES string of the molecule is CCNC(=NCCCN1CCCC(C(N)=O)C1)N(C)Cc1ccc(Cl)cc1. The van der Waals surface area contributed by atoms with Crippen LogP contribution >= 0.6 is 11.6 Å². The van der Waals surface area contributed by atoms with Gasteiger partial charge in [-0.05, 0) is 57.0 Å². The van der Waals surface area contributed by atoms with Crippen molar-refractivity contribution in [3.8, 4) is 0 Å². The second kappa shape index (κ2) is 11.1. The summed E-state index contributed by atoms with van der Waals surface area (Å²) in [5, 5.41) is 4.10. The third-order valence-corrected chi connectivity index (χ3v) is 5.08. The van der Waals surface area contributed by atoms with E-state index in [2.05, 4.69) is 22.0 Å². The third-order valence-electron chi connectivity index (χ3n) is 4.83. The molecule has 1 aliphatic heterocycles. The Morgan fingerprint density at radius 3 is 2.81 bits per heavy atom. The summed E-state index contributed by atoms with van der Waals surface area (Å²) in [5.74, 6) is 0.738. The van der Waals surface area contributed by atoms with Crippen molar-refractivity contribution in [1.82, 2.24) is 15.1 Å². The number of carbonyl (C=O) groups is 1. The van der Waals surface area contributed by atoms with Crippen molar-refractivity contribution >= 4 is 23.5 Å². The Bertz CT molecular complexity index is 619. The summed E-state index contributed by atoms with van der Waals surface area (Å²) >= 11 is 5.96. The molecular weight excluding hydrogens is 362 g/mol. The Hall–Kier alpha value is -1.79. The number of nitrogens with zero attached hydrogens (tertiary/aromatic N) is 3. The fourth-order valence-corrected chi connectivity index (χ4v) is 3.50. The number of nitrogens with two attached hydrogens (primary N) is 1. The van der Waals surface area contributed by atoms with Crippen LogP contribution in [0.5, 0.6) is 0 Å². The molecule has 0 radical (unpaired) electrons. The van der Waals surface area contributed by atoms with E-state index in [1.54, 1.807) is 0 Å². The van der Waals surface area contributed by atoms with E-state index in [1.165, 1.54) is 5.56 Å². The minimum absolute atomic E-state index is 0.00470. The molecule has 2 rings (SSSR count). The van der Waals surface area contributed by atoms with Crippen molar-refractivity contribution in [1.29, 1.82) is 0 Å². The van der Waals surface area contributed by atoms with Crippen molar-refractivity contribution in [3.63, 3.8) is 0 Å². The highest BCUT2D eigenvalue weighted by molar-refractivity contribution is 6.30. The van der Waals surface area contributed by atoms with Gasteiger partial charge in [-0.1, -0.05) is 23.7 Å². The fourth-order valence-electron chi connectivity index (χ4n) is 3.38. The molecule has 27 heavy (non-hydrogen) atoms. The van der Waals surface area contributed by atoms with Gasteiger partial charge in [-0.2, -0.15) is 0 Å². The number of guanidine groups is 1. The van der Waals surface area contributed by atoms with Crippen LogP contribution in [0, 0.1) is 5.92 Å². The molecule has 1 fully saturated rings. The molecule has 1 saturated heterocycles. The van der Waals surface area contributed by atoms with Gasteiger partial charge < -0.3 is 20.9 Å². The van der Waals surface area contributed by atoms with Gasteiger partial charge >= 0.3 is 0 Å². The molecule has 0 aromatic heterocycles. The number of amides is 1. The van der Waals surface area contributed by atoms with E-state index >= 15 is 0 Å². The molecule has 1 aliphatic rings. The van der Waals surface area contributed by atoms with Crippen molar-refractivity contribution in [2.75, 3.05) is 39.8 Å². The monoisotopic (exact) mass is 393 g/mol. The van der Waals surface area contributed by atoms with E-state index in [1.807, 2.05) is 31.3 Å². The highest BCUT2D eigenvalue weighted by atomic mass is 35.5. The molecular formula is C20H32ClN5O. The average molecular weight is 394 g/mol. The zero-order valence-corrected chi connectivity index (χ0v) is 17.2.